The molecule has 1 aromatic heterocycles. The van der Waals surface area contributed by atoms with E-state index in [-0.39, 0.29) is 5.75 Å². The maximum atomic E-state index is 12.1. The van der Waals surface area contributed by atoms with E-state index in [1.807, 2.05) is 6.07 Å². The van der Waals surface area contributed by atoms with Crippen LogP contribution in [0, 0.1) is 0 Å². The van der Waals surface area contributed by atoms with Gasteiger partial charge in [0.25, 0.3) is 5.76 Å². The molecular formula is C15H16F2N2O2S. The summed E-state index contributed by atoms with van der Waals surface area (Å²) in [6.07, 6.45) is 0. The molecule has 118 valence electrons. The summed E-state index contributed by atoms with van der Waals surface area (Å²) in [5.74, 6) is -1.51. The van der Waals surface area contributed by atoms with Crippen LogP contribution >= 0.6 is 11.8 Å². The second-order valence-corrected chi connectivity index (χ2v) is 5.59. The van der Waals surface area contributed by atoms with Crippen LogP contribution in [0.15, 0.2) is 40.8 Å². The minimum Gasteiger partial charge on any atom is -0.464 e. The molecule has 0 saturated carbocycles. The summed E-state index contributed by atoms with van der Waals surface area (Å²) in [4.78, 5) is 11.1. The molecule has 0 radical (unpaired) electrons. The van der Waals surface area contributed by atoms with Crippen molar-refractivity contribution in [2.45, 2.75) is 24.6 Å². The number of furan rings is 1. The normalized spacial score (nSPS) is 11.0. The Hall–Kier alpha value is -1.86. The van der Waals surface area contributed by atoms with E-state index in [0.717, 1.165) is 5.56 Å². The zero-order valence-electron chi connectivity index (χ0n) is 11.7. The number of benzene rings is 1. The number of amides is 1. The molecule has 0 unspecified atom stereocenters. The molecule has 2 aromatic rings. The highest BCUT2D eigenvalue weighted by atomic mass is 32.2. The molecule has 0 bridgehead atoms. The fourth-order valence-electron chi connectivity index (χ4n) is 1.90. The summed E-state index contributed by atoms with van der Waals surface area (Å²) in [5, 5.41) is 3.16. The topological polar surface area (TPSA) is 68.3 Å². The Labute approximate surface area is 131 Å². The molecular weight excluding hydrogens is 310 g/mol. The maximum absolute atomic E-state index is 12.1. The third-order valence-corrected chi connectivity index (χ3v) is 3.61. The largest absolute Gasteiger partial charge is 0.464 e. The first-order valence-electron chi connectivity index (χ1n) is 6.61. The second-order valence-electron chi connectivity index (χ2n) is 4.61. The first-order valence-corrected chi connectivity index (χ1v) is 7.66. The van der Waals surface area contributed by atoms with Crippen molar-refractivity contribution in [2.75, 3.05) is 0 Å². The van der Waals surface area contributed by atoms with Gasteiger partial charge in [0.2, 0.25) is 5.91 Å². The number of carbonyl (C=O) groups is 1. The molecule has 0 fully saturated rings. The van der Waals surface area contributed by atoms with Crippen LogP contribution in [0.5, 0.6) is 0 Å². The van der Waals surface area contributed by atoms with Gasteiger partial charge in [-0.3, -0.25) is 4.79 Å². The average Bonchev–Trinajstić information content (AvgIpc) is 2.93. The van der Waals surface area contributed by atoms with Crippen molar-refractivity contribution in [2.24, 2.45) is 5.73 Å². The molecule has 4 nitrogen and oxygen atoms in total. The second kappa shape index (κ2) is 7.95. The number of alkyl halides is 2. The molecule has 0 atom stereocenters. The van der Waals surface area contributed by atoms with E-state index in [1.54, 1.807) is 30.3 Å². The Kier molecular flexibility index (Phi) is 5.97. The summed E-state index contributed by atoms with van der Waals surface area (Å²) in [5.41, 5.74) is 6.61. The monoisotopic (exact) mass is 326 g/mol. The van der Waals surface area contributed by atoms with Gasteiger partial charge < -0.3 is 15.5 Å². The van der Waals surface area contributed by atoms with Gasteiger partial charge in [0.05, 0.1) is 12.3 Å². The van der Waals surface area contributed by atoms with Crippen molar-refractivity contribution >= 4 is 17.7 Å². The van der Waals surface area contributed by atoms with Crippen molar-refractivity contribution in [1.82, 2.24) is 5.32 Å². The van der Waals surface area contributed by atoms with Gasteiger partial charge in [-0.1, -0.05) is 23.9 Å². The van der Waals surface area contributed by atoms with Gasteiger partial charge >= 0.3 is 0 Å². The molecule has 0 aliphatic rings. The number of nitrogens with one attached hydrogen (secondary N) is 1. The maximum Gasteiger partial charge on any atom is 0.284 e. The highest BCUT2D eigenvalue weighted by Gasteiger charge is 2.07. The van der Waals surface area contributed by atoms with Crippen molar-refractivity contribution < 1.29 is 18.0 Å². The lowest BCUT2D eigenvalue weighted by atomic mass is 10.1. The van der Waals surface area contributed by atoms with E-state index in [0.29, 0.717) is 41.9 Å². The predicted molar refractivity (Wildman–Crippen MR) is 81.5 cm³/mol. The molecule has 7 heteroatoms. The van der Waals surface area contributed by atoms with Crippen LogP contribution in [0.3, 0.4) is 0 Å². The van der Waals surface area contributed by atoms with Gasteiger partial charge in [0.15, 0.2) is 0 Å². The number of halogens is 2. The predicted octanol–water partition coefficient (Wildman–Crippen LogP) is 3.12. The quantitative estimate of drug-likeness (QED) is 0.782. The Balaban J connectivity index is 1.81. The molecule has 1 amide bonds. The minimum absolute atomic E-state index is 0.151. The molecule has 0 aliphatic carbocycles. The van der Waals surface area contributed by atoms with E-state index in [2.05, 4.69) is 5.32 Å². The molecule has 0 spiro atoms. The minimum atomic E-state index is -2.40. The smallest absolute Gasteiger partial charge is 0.284 e. The van der Waals surface area contributed by atoms with E-state index in [1.165, 1.54) is 0 Å². The zero-order valence-corrected chi connectivity index (χ0v) is 12.5. The standard InChI is InChI=1S/C15H16F2N2O2S/c16-15(17)22-9-13-5-4-12(21-13)8-19-7-10-2-1-3-11(6-10)14(18)20/h1-6,15,19H,7-9H2,(H2,18,20). The Morgan fingerprint density at radius 2 is 2.00 bits per heavy atom. The highest BCUT2D eigenvalue weighted by molar-refractivity contribution is 7.98. The van der Waals surface area contributed by atoms with Crippen LogP contribution in [0.4, 0.5) is 8.78 Å². The fraction of sp³-hybridized carbons (Fsp3) is 0.267. The number of hydrogen-bond donors (Lipinski definition) is 2. The number of primary amides is 1. The number of nitrogens with two attached hydrogens (primary N) is 1. The van der Waals surface area contributed by atoms with Crippen LogP contribution in [0.25, 0.3) is 0 Å². The number of rotatable bonds is 8. The van der Waals surface area contributed by atoms with Gasteiger partial charge in [-0.15, -0.1) is 0 Å². The summed E-state index contributed by atoms with van der Waals surface area (Å²) >= 11 is 0.531. The van der Waals surface area contributed by atoms with Gasteiger partial charge in [-0.25, -0.2) is 0 Å². The molecule has 22 heavy (non-hydrogen) atoms. The fourth-order valence-corrected chi connectivity index (χ4v) is 2.35. The Bertz CT molecular complexity index is 632. The van der Waals surface area contributed by atoms with E-state index in [9.17, 15) is 13.6 Å². The van der Waals surface area contributed by atoms with Crippen LogP contribution in [0.2, 0.25) is 0 Å². The highest BCUT2D eigenvalue weighted by Crippen LogP contribution is 2.21. The van der Waals surface area contributed by atoms with Crippen LogP contribution in [0.1, 0.15) is 27.4 Å². The third-order valence-electron chi connectivity index (χ3n) is 2.91. The first-order chi connectivity index (χ1) is 10.5. The molecule has 1 aromatic carbocycles. The summed E-state index contributed by atoms with van der Waals surface area (Å²) in [7, 11) is 0. The van der Waals surface area contributed by atoms with Crippen molar-refractivity contribution in [3.63, 3.8) is 0 Å². The molecule has 3 N–H and O–H groups in total. The summed E-state index contributed by atoms with van der Waals surface area (Å²) < 4.78 is 29.6. The molecule has 0 aliphatic heterocycles. The summed E-state index contributed by atoms with van der Waals surface area (Å²) in [6, 6.07) is 10.5. The van der Waals surface area contributed by atoms with Crippen LogP contribution < -0.4 is 11.1 Å². The van der Waals surface area contributed by atoms with Gasteiger partial charge in [0.1, 0.15) is 11.5 Å². The van der Waals surface area contributed by atoms with E-state index < -0.39 is 11.7 Å². The third kappa shape index (κ3) is 5.16. The van der Waals surface area contributed by atoms with Gasteiger partial charge in [-0.2, -0.15) is 8.78 Å². The molecule has 1 heterocycles. The van der Waals surface area contributed by atoms with Crippen molar-refractivity contribution in [1.29, 1.82) is 0 Å². The van der Waals surface area contributed by atoms with Crippen molar-refractivity contribution in [3.8, 4) is 0 Å². The zero-order chi connectivity index (χ0) is 15.9. The van der Waals surface area contributed by atoms with Gasteiger partial charge in [0, 0.05) is 12.1 Å². The lowest BCUT2D eigenvalue weighted by Crippen LogP contribution is -2.14. The SMILES string of the molecule is NC(=O)c1cccc(CNCc2ccc(CSC(F)F)o2)c1. The molecule has 2 rings (SSSR count). The van der Waals surface area contributed by atoms with Crippen molar-refractivity contribution in [3.05, 3.63) is 59.0 Å². The lowest BCUT2D eigenvalue weighted by Gasteiger charge is -2.04. The first kappa shape index (κ1) is 16.5. The van der Waals surface area contributed by atoms with Gasteiger partial charge in [-0.05, 0) is 29.8 Å². The van der Waals surface area contributed by atoms with Crippen LogP contribution in [-0.4, -0.2) is 11.7 Å². The number of thioether (sulfide) groups is 1. The van der Waals surface area contributed by atoms with E-state index >= 15 is 0 Å². The number of carbonyl (C=O) groups excluding carboxylic acids is 1. The Morgan fingerprint density at radius 1 is 1.23 bits per heavy atom. The summed E-state index contributed by atoms with van der Waals surface area (Å²) in [6.45, 7) is 1.02. The average molecular weight is 326 g/mol. The van der Waals surface area contributed by atoms with Crippen LogP contribution in [-0.2, 0) is 18.8 Å². The lowest BCUT2D eigenvalue weighted by molar-refractivity contribution is 0.1000. The molecule has 0 saturated heterocycles. The Morgan fingerprint density at radius 3 is 2.73 bits per heavy atom. The van der Waals surface area contributed by atoms with E-state index in [4.69, 9.17) is 10.2 Å². The number of hydrogen-bond acceptors (Lipinski definition) is 4.